The molecule has 0 saturated carbocycles. The van der Waals surface area contributed by atoms with Crippen molar-refractivity contribution in [2.45, 2.75) is 18.7 Å². The molecule has 1 amide bonds. The molecular formula is C20H17BrClN3OS2. The lowest BCUT2D eigenvalue weighted by Gasteiger charge is -2.15. The number of amidine groups is 1. The van der Waals surface area contributed by atoms with E-state index in [1.165, 1.54) is 11.8 Å². The molecule has 0 unspecified atom stereocenters. The number of hydrogen-bond donors (Lipinski definition) is 0. The number of carbonyl (C=O) groups excluding carboxylic acids is 1. The van der Waals surface area contributed by atoms with Crippen molar-refractivity contribution in [3.63, 3.8) is 0 Å². The van der Waals surface area contributed by atoms with Gasteiger partial charge < -0.3 is 4.90 Å². The molecule has 0 aromatic heterocycles. The first-order valence-corrected chi connectivity index (χ1v) is 11.5. The maximum absolute atomic E-state index is 13.1. The van der Waals surface area contributed by atoms with Crippen LogP contribution in [0.15, 0.2) is 60.7 Å². The molecule has 8 heteroatoms. The predicted octanol–water partition coefficient (Wildman–Crippen LogP) is 6.40. The van der Waals surface area contributed by atoms with E-state index in [0.29, 0.717) is 21.6 Å². The quantitative estimate of drug-likeness (QED) is 0.452. The van der Waals surface area contributed by atoms with Crippen molar-refractivity contribution in [3.8, 4) is 0 Å². The van der Waals surface area contributed by atoms with E-state index >= 15 is 0 Å². The van der Waals surface area contributed by atoms with E-state index in [0.717, 1.165) is 31.3 Å². The highest BCUT2D eigenvalue weighted by atomic mass is 79.9. The second kappa shape index (κ2) is 7.78. The van der Waals surface area contributed by atoms with Crippen molar-refractivity contribution < 1.29 is 4.79 Å². The molecule has 0 spiro atoms. The summed E-state index contributed by atoms with van der Waals surface area (Å²) >= 11 is 12.7. The van der Waals surface area contributed by atoms with Crippen molar-refractivity contribution in [3.05, 3.63) is 61.4 Å². The summed E-state index contributed by atoms with van der Waals surface area (Å²) in [6.07, 6.45) is 0. The normalized spacial score (nSPS) is 20.5. The van der Waals surface area contributed by atoms with E-state index in [2.05, 4.69) is 15.9 Å². The number of halogens is 2. The zero-order valence-electron chi connectivity index (χ0n) is 15.5. The van der Waals surface area contributed by atoms with Crippen molar-refractivity contribution >= 4 is 73.5 Å². The Kier molecular flexibility index (Phi) is 5.53. The summed E-state index contributed by atoms with van der Waals surface area (Å²) in [4.78, 5) is 23.4. The minimum atomic E-state index is -0.0114. The number of benzene rings is 2. The van der Waals surface area contributed by atoms with Crippen LogP contribution in [0.5, 0.6) is 0 Å². The van der Waals surface area contributed by atoms with Gasteiger partial charge in [-0.3, -0.25) is 9.69 Å². The Balaban J connectivity index is 1.74. The number of aliphatic imine (C=N–C) groups is 1. The van der Waals surface area contributed by atoms with E-state index in [-0.39, 0.29) is 5.91 Å². The first-order valence-electron chi connectivity index (χ1n) is 8.69. The summed E-state index contributed by atoms with van der Waals surface area (Å²) in [6.45, 7) is 4.57. The van der Waals surface area contributed by atoms with Gasteiger partial charge in [0.25, 0.3) is 5.91 Å². The van der Waals surface area contributed by atoms with Crippen LogP contribution >= 0.6 is 51.1 Å². The van der Waals surface area contributed by atoms with Crippen LogP contribution in [0.3, 0.4) is 0 Å². The zero-order chi connectivity index (χ0) is 20.0. The number of amides is 1. The molecule has 28 heavy (non-hydrogen) atoms. The van der Waals surface area contributed by atoms with Crippen LogP contribution in [0.4, 0.5) is 11.4 Å². The van der Waals surface area contributed by atoms with Crippen molar-refractivity contribution in [1.29, 1.82) is 0 Å². The Hall–Kier alpha value is -1.41. The van der Waals surface area contributed by atoms with Gasteiger partial charge in [0, 0.05) is 28.0 Å². The van der Waals surface area contributed by atoms with Crippen molar-refractivity contribution in [2.24, 2.45) is 4.99 Å². The van der Waals surface area contributed by atoms with Crippen LogP contribution in [-0.2, 0) is 4.79 Å². The van der Waals surface area contributed by atoms with Crippen molar-refractivity contribution in [1.82, 2.24) is 4.90 Å². The minimum Gasteiger partial charge on any atom is -0.337 e. The molecule has 0 aliphatic carbocycles. The maximum atomic E-state index is 13.1. The Labute approximate surface area is 186 Å². The fourth-order valence-electron chi connectivity index (χ4n) is 3.02. The largest absolute Gasteiger partial charge is 0.337 e. The van der Waals surface area contributed by atoms with E-state index in [1.807, 2.05) is 62.2 Å². The fourth-order valence-corrected chi connectivity index (χ4v) is 6.15. The number of nitrogens with zero attached hydrogens (tertiary/aromatic N) is 3. The van der Waals surface area contributed by atoms with Crippen LogP contribution in [-0.4, -0.2) is 29.6 Å². The SMILES string of the molecule is CCN1C(=O)/C(=C2/Sc3ccc(Cl)cc3N2C)SC1=Nc1ccc(C)cc1Br. The molecule has 4 rings (SSSR count). The van der Waals surface area contributed by atoms with E-state index < -0.39 is 0 Å². The van der Waals surface area contributed by atoms with Gasteiger partial charge in [-0.05, 0) is 77.4 Å². The topological polar surface area (TPSA) is 35.9 Å². The smallest absolute Gasteiger partial charge is 0.269 e. The predicted molar refractivity (Wildman–Crippen MR) is 124 cm³/mol. The maximum Gasteiger partial charge on any atom is 0.269 e. The molecule has 1 fully saturated rings. The molecule has 2 heterocycles. The summed E-state index contributed by atoms with van der Waals surface area (Å²) in [5.74, 6) is -0.0114. The third kappa shape index (κ3) is 3.49. The molecule has 144 valence electrons. The van der Waals surface area contributed by atoms with E-state index in [9.17, 15) is 4.79 Å². The number of thioether (sulfide) groups is 2. The molecule has 4 nitrogen and oxygen atoms in total. The van der Waals surface area contributed by atoms with Gasteiger partial charge >= 0.3 is 0 Å². The highest BCUT2D eigenvalue weighted by molar-refractivity contribution is 9.10. The number of hydrogen-bond acceptors (Lipinski definition) is 5. The third-order valence-electron chi connectivity index (χ3n) is 4.49. The first kappa shape index (κ1) is 19.9. The summed E-state index contributed by atoms with van der Waals surface area (Å²) in [5, 5.41) is 2.30. The molecule has 2 aliphatic heterocycles. The number of fused-ring (bicyclic) bond motifs is 1. The lowest BCUT2D eigenvalue weighted by molar-refractivity contribution is -0.122. The summed E-state index contributed by atoms with van der Waals surface area (Å²) in [6, 6.07) is 11.8. The second-order valence-electron chi connectivity index (χ2n) is 6.41. The van der Waals surface area contributed by atoms with Crippen LogP contribution in [0, 0.1) is 6.92 Å². The van der Waals surface area contributed by atoms with Crippen molar-refractivity contribution in [2.75, 3.05) is 18.5 Å². The Morgan fingerprint density at radius 3 is 2.68 bits per heavy atom. The zero-order valence-corrected chi connectivity index (χ0v) is 19.5. The molecule has 2 aliphatic rings. The monoisotopic (exact) mass is 493 g/mol. The third-order valence-corrected chi connectivity index (χ3v) is 7.79. The summed E-state index contributed by atoms with van der Waals surface area (Å²) in [7, 11) is 1.97. The highest BCUT2D eigenvalue weighted by Crippen LogP contribution is 2.50. The van der Waals surface area contributed by atoms with Gasteiger partial charge in [0.15, 0.2) is 5.17 Å². The van der Waals surface area contributed by atoms with E-state index in [4.69, 9.17) is 16.6 Å². The molecule has 2 aromatic carbocycles. The summed E-state index contributed by atoms with van der Waals surface area (Å²) < 4.78 is 0.916. The number of carbonyl (C=O) groups is 1. The van der Waals surface area contributed by atoms with Crippen LogP contribution in [0.1, 0.15) is 12.5 Å². The van der Waals surface area contributed by atoms with Gasteiger partial charge in [0.2, 0.25) is 0 Å². The lowest BCUT2D eigenvalue weighted by Crippen LogP contribution is -2.29. The average molecular weight is 495 g/mol. The number of anilines is 1. The fraction of sp³-hybridized carbons (Fsp3) is 0.200. The standard InChI is InChI=1S/C20H17BrClN3OS2/c1-4-25-18(26)17(19-24(3)15-10-12(22)6-8-16(15)27-19)28-20(25)23-14-7-5-11(2)9-13(14)21/h5-10H,4H2,1-3H3/b19-17-,23-20?. The molecular weight excluding hydrogens is 478 g/mol. The molecule has 1 saturated heterocycles. The summed E-state index contributed by atoms with van der Waals surface area (Å²) in [5.41, 5.74) is 2.98. The Morgan fingerprint density at radius 1 is 1.18 bits per heavy atom. The van der Waals surface area contributed by atoms with Gasteiger partial charge in [-0.2, -0.15) is 0 Å². The van der Waals surface area contributed by atoms with Gasteiger partial charge in [0.05, 0.1) is 16.4 Å². The first-order chi connectivity index (χ1) is 13.4. The van der Waals surface area contributed by atoms with Gasteiger partial charge in [-0.15, -0.1) is 0 Å². The molecule has 2 aromatic rings. The number of rotatable bonds is 2. The van der Waals surface area contributed by atoms with Crippen LogP contribution in [0.2, 0.25) is 5.02 Å². The highest BCUT2D eigenvalue weighted by Gasteiger charge is 2.38. The number of likely N-dealkylation sites (N-methyl/N-ethyl adjacent to an activating group) is 1. The molecule has 0 radical (unpaired) electrons. The van der Waals surface area contributed by atoms with Crippen LogP contribution in [0.25, 0.3) is 0 Å². The van der Waals surface area contributed by atoms with Gasteiger partial charge in [0.1, 0.15) is 4.91 Å². The molecule has 0 bridgehead atoms. The van der Waals surface area contributed by atoms with Crippen LogP contribution < -0.4 is 4.90 Å². The lowest BCUT2D eigenvalue weighted by atomic mass is 10.2. The van der Waals surface area contributed by atoms with Gasteiger partial charge in [-0.1, -0.05) is 29.4 Å². The molecule has 0 atom stereocenters. The Morgan fingerprint density at radius 2 is 1.96 bits per heavy atom. The Bertz CT molecular complexity index is 1050. The molecule has 0 N–H and O–H groups in total. The second-order valence-corrected chi connectivity index (χ2v) is 9.71. The number of aryl methyl sites for hydroxylation is 1. The minimum absolute atomic E-state index is 0.0114. The average Bonchev–Trinajstić information content (AvgIpc) is 3.14. The van der Waals surface area contributed by atoms with Gasteiger partial charge in [-0.25, -0.2) is 4.99 Å². The van der Waals surface area contributed by atoms with E-state index in [1.54, 1.807) is 16.7 Å².